The minimum Gasteiger partial charge on any atom is -0.481 e. The van der Waals surface area contributed by atoms with Gasteiger partial charge < -0.3 is 15.2 Å². The number of hydrogen-bond donors (Lipinski definition) is 6. The van der Waals surface area contributed by atoms with E-state index in [-0.39, 0.29) is 35.9 Å². The molecule has 2 aromatic rings. The number of carbonyl (C=O) groups excluding carboxylic acids is 2. The van der Waals surface area contributed by atoms with Crippen molar-refractivity contribution in [3.63, 3.8) is 0 Å². The maximum absolute atomic E-state index is 13.3. The van der Waals surface area contributed by atoms with Gasteiger partial charge in [0.1, 0.15) is 22.8 Å². The standard InChI is InChI=1S/C30H36ClN3O9S2/c1-30(14-6-5-11-23(30)29(37)38)43-16-8-7-15-32-28(36)25(33-44(39,40)21-9-3-2-4-10-21)18-20-12-13-22(24(31)17-20)26-19-27(35)34-45(26,41)42/h2-6,9-14,17,23,25-26,33,41-42H,7-8,15-16,18-19H2,1H3,(H,32,36)(H,34,35)(H,37,38). The fraction of sp³-hybridized carbons (Fsp3) is 0.367. The monoisotopic (exact) mass is 681 g/mol. The molecule has 4 atom stereocenters. The van der Waals surface area contributed by atoms with Gasteiger partial charge in [-0.25, -0.2) is 8.42 Å². The smallest absolute Gasteiger partial charge is 0.313 e. The molecule has 4 rings (SSSR count). The molecule has 2 amide bonds. The molecule has 0 aromatic heterocycles. The number of hydrogen-bond acceptors (Lipinski definition) is 8. The van der Waals surface area contributed by atoms with Crippen molar-refractivity contribution >= 4 is 50.2 Å². The molecule has 0 spiro atoms. The Morgan fingerprint density at radius 1 is 1.16 bits per heavy atom. The highest BCUT2D eigenvalue weighted by molar-refractivity contribution is 8.23. The van der Waals surface area contributed by atoms with Crippen molar-refractivity contribution < 1.29 is 41.8 Å². The largest absolute Gasteiger partial charge is 0.481 e. The first-order valence-electron chi connectivity index (χ1n) is 14.2. The third kappa shape index (κ3) is 8.73. The van der Waals surface area contributed by atoms with Crippen molar-refractivity contribution in [2.75, 3.05) is 13.2 Å². The Labute approximate surface area is 268 Å². The van der Waals surface area contributed by atoms with Crippen LogP contribution in [0, 0.1) is 5.92 Å². The third-order valence-electron chi connectivity index (χ3n) is 7.56. The zero-order valence-corrected chi connectivity index (χ0v) is 26.8. The van der Waals surface area contributed by atoms with Crippen LogP contribution in [0.1, 0.15) is 42.6 Å². The number of benzene rings is 2. The molecule has 1 aliphatic carbocycles. The Morgan fingerprint density at radius 2 is 1.89 bits per heavy atom. The first-order chi connectivity index (χ1) is 21.2. The minimum absolute atomic E-state index is 0.0169. The predicted molar refractivity (Wildman–Crippen MR) is 170 cm³/mol. The first-order valence-corrected chi connectivity index (χ1v) is 17.6. The molecule has 1 heterocycles. The van der Waals surface area contributed by atoms with Crippen LogP contribution >= 0.6 is 22.4 Å². The summed E-state index contributed by atoms with van der Waals surface area (Å²) in [5.41, 5.74) is -0.157. The molecule has 2 aliphatic rings. The molecule has 12 nitrogen and oxygen atoms in total. The lowest BCUT2D eigenvalue weighted by atomic mass is 9.85. The summed E-state index contributed by atoms with van der Waals surface area (Å²) in [7, 11) is -7.51. The lowest BCUT2D eigenvalue weighted by molar-refractivity contribution is -0.148. The van der Waals surface area contributed by atoms with Crippen LogP contribution in [-0.2, 0) is 35.6 Å². The molecule has 15 heteroatoms. The normalized spacial score (nSPS) is 23.7. The average Bonchev–Trinajstić information content (AvgIpc) is 3.26. The number of aliphatic carboxylic acids is 1. The quantitative estimate of drug-likeness (QED) is 0.160. The van der Waals surface area contributed by atoms with E-state index in [1.165, 1.54) is 24.3 Å². The maximum Gasteiger partial charge on any atom is 0.313 e. The molecular formula is C30H36ClN3O9S2. The topological polar surface area (TPSA) is 191 Å². The molecule has 2 aromatic carbocycles. The van der Waals surface area contributed by atoms with E-state index in [9.17, 15) is 37.0 Å². The average molecular weight is 682 g/mol. The van der Waals surface area contributed by atoms with Gasteiger partial charge in [0, 0.05) is 18.2 Å². The second-order valence-corrected chi connectivity index (χ2v) is 15.0. The van der Waals surface area contributed by atoms with Crippen LogP contribution in [0.25, 0.3) is 0 Å². The van der Waals surface area contributed by atoms with Crippen molar-refractivity contribution in [1.82, 2.24) is 14.8 Å². The second-order valence-electron chi connectivity index (χ2n) is 10.9. The summed E-state index contributed by atoms with van der Waals surface area (Å²) in [5, 5.41) is 11.5. The SMILES string of the molecule is CC1(OCCCCNC(=O)C(Cc2ccc(C3CC(=O)NS3(O)O)c(Cl)c2)NS(=O)(=O)c2ccccc2)C=CC=CC1C(=O)O. The number of carboxylic acids is 1. The van der Waals surface area contributed by atoms with Gasteiger partial charge in [0.05, 0.1) is 11.3 Å². The summed E-state index contributed by atoms with van der Waals surface area (Å²) in [5.74, 6) is -2.91. The van der Waals surface area contributed by atoms with Gasteiger partial charge in [0.15, 0.2) is 0 Å². The Kier molecular flexibility index (Phi) is 11.1. The van der Waals surface area contributed by atoms with E-state index < -0.39 is 61.4 Å². The molecule has 1 fully saturated rings. The number of halogens is 1. The second kappa shape index (κ2) is 14.5. The minimum atomic E-state index is -4.08. The van der Waals surface area contributed by atoms with Crippen molar-refractivity contribution in [2.24, 2.45) is 5.92 Å². The summed E-state index contributed by atoms with van der Waals surface area (Å²) in [4.78, 5) is 36.6. The van der Waals surface area contributed by atoms with E-state index in [0.717, 1.165) is 0 Å². The van der Waals surface area contributed by atoms with Crippen molar-refractivity contribution in [2.45, 2.75) is 54.4 Å². The van der Waals surface area contributed by atoms with Crippen LogP contribution in [0.4, 0.5) is 0 Å². The van der Waals surface area contributed by atoms with E-state index in [2.05, 4.69) is 14.8 Å². The number of allylic oxidation sites excluding steroid dienone is 2. The number of nitrogens with one attached hydrogen (secondary N) is 3. The van der Waals surface area contributed by atoms with Crippen LogP contribution in [0.5, 0.6) is 0 Å². The summed E-state index contributed by atoms with van der Waals surface area (Å²) >= 11 is 6.46. The fourth-order valence-corrected chi connectivity index (χ4v) is 8.25. The molecule has 0 bridgehead atoms. The molecule has 0 saturated carbocycles. The van der Waals surface area contributed by atoms with Crippen LogP contribution in [-0.4, -0.2) is 65.2 Å². The highest BCUT2D eigenvalue weighted by atomic mass is 35.5. The maximum atomic E-state index is 13.3. The van der Waals surface area contributed by atoms with E-state index in [4.69, 9.17) is 16.3 Å². The summed E-state index contributed by atoms with van der Waals surface area (Å²) in [6.07, 6.45) is 7.43. The lowest BCUT2D eigenvalue weighted by Gasteiger charge is -2.33. The van der Waals surface area contributed by atoms with Crippen LogP contribution in [0.15, 0.2) is 77.7 Å². The number of ether oxygens (including phenoxy) is 1. The van der Waals surface area contributed by atoms with Gasteiger partial charge in [-0.05, 0) is 55.5 Å². The summed E-state index contributed by atoms with van der Waals surface area (Å²) in [6.45, 7) is 2.15. The number of carbonyl (C=O) groups is 3. The van der Waals surface area contributed by atoms with Gasteiger partial charge >= 0.3 is 5.97 Å². The van der Waals surface area contributed by atoms with E-state index in [0.29, 0.717) is 24.0 Å². The van der Waals surface area contributed by atoms with E-state index >= 15 is 0 Å². The van der Waals surface area contributed by atoms with Gasteiger partial charge in [0.2, 0.25) is 21.8 Å². The predicted octanol–water partition coefficient (Wildman–Crippen LogP) is 3.95. The summed E-state index contributed by atoms with van der Waals surface area (Å²) in [6, 6.07) is 11.0. The third-order valence-corrected chi connectivity index (χ3v) is 11.1. The van der Waals surface area contributed by atoms with Gasteiger partial charge in [-0.3, -0.25) is 28.2 Å². The zero-order valence-electron chi connectivity index (χ0n) is 24.4. The molecule has 1 saturated heterocycles. The number of amides is 2. The molecule has 6 N–H and O–H groups in total. The van der Waals surface area contributed by atoms with Crippen molar-refractivity contribution in [3.05, 3.63) is 89.0 Å². The molecule has 0 radical (unpaired) electrons. The zero-order chi connectivity index (χ0) is 32.8. The van der Waals surface area contributed by atoms with Crippen LogP contribution in [0.3, 0.4) is 0 Å². The van der Waals surface area contributed by atoms with Crippen LogP contribution < -0.4 is 14.8 Å². The Balaban J connectivity index is 1.40. The Hall–Kier alpha value is -3.24. The highest BCUT2D eigenvalue weighted by Crippen LogP contribution is 2.57. The molecular weight excluding hydrogens is 646 g/mol. The fourth-order valence-electron chi connectivity index (χ4n) is 5.13. The lowest BCUT2D eigenvalue weighted by Crippen LogP contribution is -2.48. The molecule has 45 heavy (non-hydrogen) atoms. The number of unbranched alkanes of at least 4 members (excludes halogenated alkanes) is 1. The Morgan fingerprint density at radius 3 is 2.53 bits per heavy atom. The van der Waals surface area contributed by atoms with Crippen molar-refractivity contribution in [3.8, 4) is 0 Å². The van der Waals surface area contributed by atoms with E-state index in [1.807, 2.05) is 0 Å². The molecule has 4 unspecified atom stereocenters. The van der Waals surface area contributed by atoms with Gasteiger partial charge in [-0.1, -0.05) is 66.2 Å². The van der Waals surface area contributed by atoms with Gasteiger partial charge in [-0.15, -0.1) is 10.8 Å². The number of carboxylic acid groups (broad SMARTS) is 1. The van der Waals surface area contributed by atoms with Gasteiger partial charge in [-0.2, -0.15) is 4.72 Å². The van der Waals surface area contributed by atoms with Crippen molar-refractivity contribution in [1.29, 1.82) is 0 Å². The molecule has 1 aliphatic heterocycles. The number of sulfonamides is 1. The van der Waals surface area contributed by atoms with Crippen LogP contribution in [0.2, 0.25) is 5.02 Å². The first kappa shape index (κ1) is 34.6. The molecule has 244 valence electrons. The number of rotatable bonds is 14. The highest BCUT2D eigenvalue weighted by Gasteiger charge is 2.39. The van der Waals surface area contributed by atoms with E-state index in [1.54, 1.807) is 55.5 Å². The van der Waals surface area contributed by atoms with Gasteiger partial charge in [0.25, 0.3) is 0 Å². The Bertz CT molecular complexity index is 1580. The summed E-state index contributed by atoms with van der Waals surface area (Å²) < 4.78 is 57.3.